The molecule has 0 radical (unpaired) electrons. The van der Waals surface area contributed by atoms with Crippen molar-refractivity contribution in [1.82, 2.24) is 14.2 Å². The van der Waals surface area contributed by atoms with Gasteiger partial charge in [-0.15, -0.1) is 0 Å². The fourth-order valence-corrected chi connectivity index (χ4v) is 5.38. The molecule has 0 spiro atoms. The Balaban J connectivity index is 1.54. The van der Waals surface area contributed by atoms with Crippen LogP contribution in [0.15, 0.2) is 65.7 Å². The minimum Gasteiger partial charge on any atom is -0.587 e. The van der Waals surface area contributed by atoms with Gasteiger partial charge in [0.05, 0.1) is 6.20 Å². The topological polar surface area (TPSA) is 72.8 Å². The molecule has 1 fully saturated rings. The van der Waals surface area contributed by atoms with Crippen LogP contribution in [0.25, 0.3) is 11.3 Å². The van der Waals surface area contributed by atoms with Crippen molar-refractivity contribution >= 4 is 23.1 Å². The molecule has 9 heteroatoms. The minimum absolute atomic E-state index is 0.303. The zero-order valence-corrected chi connectivity index (χ0v) is 22.0. The maximum Gasteiger partial charge on any atom is 0.410 e. The number of anilines is 1. The normalized spacial score (nSPS) is 15.2. The van der Waals surface area contributed by atoms with E-state index in [1.807, 2.05) is 58.2 Å². The first-order valence-electron chi connectivity index (χ1n) is 12.0. The largest absolute Gasteiger partial charge is 0.587 e. The van der Waals surface area contributed by atoms with E-state index >= 15 is 0 Å². The molecule has 192 valence electrons. The number of carbonyl (C=O) groups excluding carboxylic acids is 1. The Hall–Kier alpha value is -3.01. The Labute approximate surface area is 215 Å². The van der Waals surface area contributed by atoms with Gasteiger partial charge in [0.25, 0.3) is 0 Å². The van der Waals surface area contributed by atoms with Crippen molar-refractivity contribution in [2.45, 2.75) is 37.8 Å². The monoisotopic (exact) mass is 512 g/mol. The molecule has 7 nitrogen and oxygen atoms in total. The number of rotatable bonds is 6. The summed E-state index contributed by atoms with van der Waals surface area (Å²) in [6.07, 6.45) is 1.50. The lowest BCUT2D eigenvalue weighted by Crippen LogP contribution is -2.50. The first kappa shape index (κ1) is 26.1. The van der Waals surface area contributed by atoms with Crippen LogP contribution >= 0.6 is 0 Å². The summed E-state index contributed by atoms with van der Waals surface area (Å²) in [6.45, 7) is 8.53. The first-order valence-corrected chi connectivity index (χ1v) is 13.1. The molecule has 1 aliphatic heterocycles. The zero-order valence-electron chi connectivity index (χ0n) is 21.2. The van der Waals surface area contributed by atoms with E-state index in [-0.39, 0.29) is 11.9 Å². The number of piperazine rings is 1. The third-order valence-electron chi connectivity index (χ3n) is 5.87. The van der Waals surface area contributed by atoms with Crippen molar-refractivity contribution in [3.8, 4) is 11.3 Å². The molecule has 0 bridgehead atoms. The maximum absolute atomic E-state index is 14.6. The average Bonchev–Trinajstić information content (AvgIpc) is 3.27. The predicted molar refractivity (Wildman–Crippen MR) is 141 cm³/mol. The molecule has 0 aliphatic carbocycles. The van der Waals surface area contributed by atoms with Gasteiger partial charge in [0, 0.05) is 50.0 Å². The van der Waals surface area contributed by atoms with Crippen LogP contribution < -0.4 is 10.2 Å². The second kappa shape index (κ2) is 10.9. The van der Waals surface area contributed by atoms with Crippen molar-refractivity contribution < 1.29 is 18.5 Å². The lowest BCUT2D eigenvalue weighted by Gasteiger charge is -2.36. The molecule has 1 N–H and O–H groups in total. The van der Waals surface area contributed by atoms with Crippen molar-refractivity contribution in [2.24, 2.45) is 0 Å². The van der Waals surface area contributed by atoms with Crippen LogP contribution in [0.3, 0.4) is 0 Å². The number of amides is 1. The van der Waals surface area contributed by atoms with E-state index in [1.165, 1.54) is 6.07 Å². The van der Waals surface area contributed by atoms with E-state index in [1.54, 1.807) is 33.3 Å². The van der Waals surface area contributed by atoms with Gasteiger partial charge in [-0.25, -0.2) is 9.18 Å². The van der Waals surface area contributed by atoms with Crippen LogP contribution in [0.4, 0.5) is 14.9 Å². The molecule has 2 aromatic carbocycles. The van der Waals surface area contributed by atoms with Crippen LogP contribution in [0.2, 0.25) is 0 Å². The van der Waals surface area contributed by atoms with Gasteiger partial charge in [0.1, 0.15) is 28.5 Å². The fraction of sp³-hybridized carbons (Fsp3) is 0.370. The Morgan fingerprint density at radius 3 is 2.47 bits per heavy atom. The molecule has 1 atom stereocenters. The molecule has 4 rings (SSSR count). The van der Waals surface area contributed by atoms with Crippen LogP contribution in [-0.4, -0.2) is 58.3 Å². The van der Waals surface area contributed by atoms with Crippen LogP contribution in [0.5, 0.6) is 0 Å². The summed E-state index contributed by atoms with van der Waals surface area (Å²) >= 11 is -1.58. The standard InChI is InChI=1S/C27H33FN4O3S/c1-27(2,3)35-26(33)31-14-12-30(13-15-31)21-8-7-9-22(17-21)36(34)32-19-20(18-29-4)16-25(32)23-10-5-6-11-24(23)28/h5-11,16-17,19,29H,12-15,18H2,1-4H3. The Kier molecular flexibility index (Phi) is 7.92. The third-order valence-corrected chi connectivity index (χ3v) is 7.18. The van der Waals surface area contributed by atoms with E-state index in [4.69, 9.17) is 4.74 Å². The zero-order chi connectivity index (χ0) is 25.9. The van der Waals surface area contributed by atoms with Gasteiger partial charge in [-0.1, -0.05) is 18.2 Å². The number of hydrogen-bond donors (Lipinski definition) is 1. The number of hydrogen-bond acceptors (Lipinski definition) is 5. The summed E-state index contributed by atoms with van der Waals surface area (Å²) in [5, 5.41) is 3.10. The van der Waals surface area contributed by atoms with Crippen LogP contribution in [-0.2, 0) is 22.6 Å². The summed E-state index contributed by atoms with van der Waals surface area (Å²) < 4.78 is 35.5. The van der Waals surface area contributed by atoms with Crippen molar-refractivity contribution in [2.75, 3.05) is 38.1 Å². The second-order valence-electron chi connectivity index (χ2n) is 9.77. The highest BCUT2D eigenvalue weighted by atomic mass is 32.2. The number of ether oxygens (including phenoxy) is 1. The van der Waals surface area contributed by atoms with Crippen LogP contribution in [0.1, 0.15) is 26.3 Å². The average molecular weight is 513 g/mol. The minimum atomic E-state index is -1.58. The number of halogens is 1. The number of aromatic nitrogens is 1. The number of nitrogens with zero attached hydrogens (tertiary/aromatic N) is 3. The first-order chi connectivity index (χ1) is 17.2. The van der Waals surface area contributed by atoms with E-state index in [0.717, 1.165) is 11.3 Å². The maximum atomic E-state index is 14.6. The van der Waals surface area contributed by atoms with E-state index in [2.05, 4.69) is 10.2 Å². The summed E-state index contributed by atoms with van der Waals surface area (Å²) in [7, 11) is 1.84. The van der Waals surface area contributed by atoms with E-state index in [0.29, 0.717) is 48.9 Å². The Bertz CT molecular complexity index is 1200. The molecular weight excluding hydrogens is 479 g/mol. The summed E-state index contributed by atoms with van der Waals surface area (Å²) in [4.78, 5) is 16.9. The number of carbonyl (C=O) groups is 1. The summed E-state index contributed by atoms with van der Waals surface area (Å²) in [5.41, 5.74) is 2.29. The summed E-state index contributed by atoms with van der Waals surface area (Å²) in [6, 6.07) is 16.0. The molecule has 3 aromatic rings. The second-order valence-corrected chi connectivity index (χ2v) is 11.1. The van der Waals surface area contributed by atoms with Gasteiger partial charge in [-0.3, -0.25) is 0 Å². The SMILES string of the molecule is CNCc1cc(-c2ccccc2F)n([S+]([O-])c2cccc(N3CCN(C(=O)OC(C)(C)C)CC3)c2)c1. The molecule has 0 saturated carbocycles. The molecule has 1 amide bonds. The Morgan fingerprint density at radius 2 is 1.81 bits per heavy atom. The fourth-order valence-electron chi connectivity index (χ4n) is 4.18. The van der Waals surface area contributed by atoms with Gasteiger partial charge < -0.3 is 24.4 Å². The molecule has 1 unspecified atom stereocenters. The van der Waals surface area contributed by atoms with Crippen molar-refractivity contribution in [1.29, 1.82) is 0 Å². The van der Waals surface area contributed by atoms with Crippen molar-refractivity contribution in [3.05, 3.63) is 72.2 Å². The molecule has 1 aromatic heterocycles. The van der Waals surface area contributed by atoms with Crippen LogP contribution in [0, 0.1) is 5.82 Å². The van der Waals surface area contributed by atoms with Gasteiger partial charge in [0.2, 0.25) is 0 Å². The summed E-state index contributed by atoms with van der Waals surface area (Å²) in [5.74, 6) is -0.360. The lowest BCUT2D eigenvalue weighted by atomic mass is 10.1. The number of nitrogens with one attached hydrogen (secondary N) is 1. The highest BCUT2D eigenvalue weighted by Gasteiger charge is 2.27. The Morgan fingerprint density at radius 1 is 1.08 bits per heavy atom. The highest BCUT2D eigenvalue weighted by Crippen LogP contribution is 2.30. The molecule has 2 heterocycles. The third kappa shape index (κ3) is 6.03. The molecule has 36 heavy (non-hydrogen) atoms. The van der Waals surface area contributed by atoms with Gasteiger partial charge in [0.15, 0.2) is 4.90 Å². The van der Waals surface area contributed by atoms with Gasteiger partial charge >= 0.3 is 6.09 Å². The van der Waals surface area contributed by atoms with Gasteiger partial charge in [-0.2, -0.15) is 3.97 Å². The highest BCUT2D eigenvalue weighted by molar-refractivity contribution is 7.90. The molecular formula is C27H33FN4O3S. The van der Waals surface area contributed by atoms with E-state index in [9.17, 15) is 13.7 Å². The van der Waals surface area contributed by atoms with Crippen molar-refractivity contribution in [3.63, 3.8) is 0 Å². The predicted octanol–water partition coefficient (Wildman–Crippen LogP) is 4.64. The molecule has 1 saturated heterocycles. The smallest absolute Gasteiger partial charge is 0.410 e. The molecule has 1 aliphatic rings. The quantitative estimate of drug-likeness (QED) is 0.487. The lowest BCUT2D eigenvalue weighted by molar-refractivity contribution is 0.0240. The van der Waals surface area contributed by atoms with Gasteiger partial charge in [-0.05, 0) is 63.7 Å². The van der Waals surface area contributed by atoms with E-state index < -0.39 is 17.0 Å². The number of benzene rings is 2.